The van der Waals surface area contributed by atoms with Crippen LogP contribution in [0.15, 0.2) is 55.1 Å². The molecular formula is C18H16. The van der Waals surface area contributed by atoms with Crippen molar-refractivity contribution in [2.75, 3.05) is 0 Å². The third-order valence-electron chi connectivity index (χ3n) is 2.78. The molecule has 0 atom stereocenters. The highest BCUT2D eigenvalue weighted by molar-refractivity contribution is 5.68. The monoisotopic (exact) mass is 232 g/mol. The van der Waals surface area contributed by atoms with Gasteiger partial charge in [0.15, 0.2) is 0 Å². The quantitative estimate of drug-likeness (QED) is 0.638. The number of rotatable bonds is 1. The van der Waals surface area contributed by atoms with Gasteiger partial charge in [0.2, 0.25) is 0 Å². The summed E-state index contributed by atoms with van der Waals surface area (Å²) >= 11 is 0. The van der Waals surface area contributed by atoms with Gasteiger partial charge in [0.05, 0.1) is 0 Å². The average molecular weight is 232 g/mol. The first-order chi connectivity index (χ1) is 8.66. The minimum Gasteiger partial charge on any atom is -0.0955 e. The lowest BCUT2D eigenvalue weighted by atomic mass is 10.0. The fourth-order valence-corrected chi connectivity index (χ4v) is 1.74. The van der Waals surface area contributed by atoms with Crippen molar-refractivity contribution in [1.29, 1.82) is 0 Å². The van der Waals surface area contributed by atoms with E-state index in [0.29, 0.717) is 0 Å². The molecule has 0 unspecified atom stereocenters. The predicted molar refractivity (Wildman–Crippen MR) is 78.3 cm³/mol. The van der Waals surface area contributed by atoms with Crippen LogP contribution >= 0.6 is 0 Å². The molecule has 0 spiro atoms. The van der Waals surface area contributed by atoms with Gasteiger partial charge in [0.25, 0.3) is 0 Å². The van der Waals surface area contributed by atoms with Crippen LogP contribution in [-0.2, 0) is 0 Å². The number of allylic oxidation sites excluding steroid dienone is 1. The highest BCUT2D eigenvalue weighted by atomic mass is 14.0. The van der Waals surface area contributed by atoms with Crippen LogP contribution in [0.4, 0.5) is 0 Å². The van der Waals surface area contributed by atoms with Crippen LogP contribution in [0.1, 0.15) is 29.2 Å². The molecule has 88 valence electrons. The van der Waals surface area contributed by atoms with E-state index in [4.69, 9.17) is 0 Å². The van der Waals surface area contributed by atoms with Gasteiger partial charge in [-0.2, -0.15) is 0 Å². The van der Waals surface area contributed by atoms with Crippen molar-refractivity contribution in [3.8, 4) is 11.8 Å². The Bertz CT molecular complexity index is 619. The topological polar surface area (TPSA) is 0 Å². The van der Waals surface area contributed by atoms with Gasteiger partial charge in [-0.05, 0) is 43.2 Å². The van der Waals surface area contributed by atoms with Crippen molar-refractivity contribution in [3.63, 3.8) is 0 Å². The molecule has 2 aromatic rings. The van der Waals surface area contributed by atoms with E-state index in [9.17, 15) is 0 Å². The Hall–Kier alpha value is -2.26. The maximum Gasteiger partial charge on any atom is 0.0323 e. The Morgan fingerprint density at radius 1 is 0.944 bits per heavy atom. The number of hydrogen-bond donors (Lipinski definition) is 0. The summed E-state index contributed by atoms with van der Waals surface area (Å²) in [7, 11) is 0. The molecule has 0 saturated carbocycles. The number of benzene rings is 2. The van der Waals surface area contributed by atoms with Gasteiger partial charge in [-0.3, -0.25) is 0 Å². The van der Waals surface area contributed by atoms with Crippen LogP contribution in [0.2, 0.25) is 0 Å². The molecule has 0 amide bonds. The van der Waals surface area contributed by atoms with Gasteiger partial charge in [-0.25, -0.2) is 0 Å². The van der Waals surface area contributed by atoms with E-state index >= 15 is 0 Å². The van der Waals surface area contributed by atoms with Gasteiger partial charge < -0.3 is 0 Å². The molecule has 0 aliphatic carbocycles. The lowest BCUT2D eigenvalue weighted by Gasteiger charge is -2.02. The summed E-state index contributed by atoms with van der Waals surface area (Å²) in [5.74, 6) is 6.41. The van der Waals surface area contributed by atoms with Gasteiger partial charge in [-0.15, -0.1) is 0 Å². The first-order valence-electron chi connectivity index (χ1n) is 6.00. The molecule has 0 saturated heterocycles. The summed E-state index contributed by atoms with van der Waals surface area (Å²) in [6, 6.07) is 16.4. The Kier molecular flexibility index (Phi) is 3.65. The Morgan fingerprint density at radius 2 is 1.61 bits per heavy atom. The second-order valence-electron chi connectivity index (χ2n) is 4.44. The van der Waals surface area contributed by atoms with Crippen LogP contribution < -0.4 is 0 Å². The smallest absolute Gasteiger partial charge is 0.0323 e. The Balaban J connectivity index is 2.35. The van der Waals surface area contributed by atoms with Crippen molar-refractivity contribution in [2.45, 2.75) is 13.8 Å². The maximum atomic E-state index is 3.98. The van der Waals surface area contributed by atoms with E-state index in [1.807, 2.05) is 37.3 Å². The summed E-state index contributed by atoms with van der Waals surface area (Å²) in [5, 5.41) is 0. The van der Waals surface area contributed by atoms with Crippen LogP contribution in [0.5, 0.6) is 0 Å². The molecule has 0 aliphatic heterocycles. The molecule has 0 radical (unpaired) electrons. The minimum absolute atomic E-state index is 1.03. The molecule has 0 bridgehead atoms. The normalized spacial score (nSPS) is 9.44. The van der Waals surface area contributed by atoms with Crippen LogP contribution in [-0.4, -0.2) is 0 Å². The first-order valence-corrected chi connectivity index (χ1v) is 6.00. The molecule has 2 aromatic carbocycles. The summed E-state index contributed by atoms with van der Waals surface area (Å²) < 4.78 is 0. The zero-order valence-electron chi connectivity index (χ0n) is 10.8. The predicted octanol–water partition coefficient (Wildman–Crippen LogP) is 4.43. The zero-order valence-corrected chi connectivity index (χ0v) is 10.8. The third-order valence-corrected chi connectivity index (χ3v) is 2.78. The molecular weight excluding hydrogens is 216 g/mol. The fraction of sp³-hybridized carbons (Fsp3) is 0.111. The van der Waals surface area contributed by atoms with E-state index in [0.717, 1.165) is 22.3 Å². The van der Waals surface area contributed by atoms with Crippen molar-refractivity contribution in [3.05, 3.63) is 77.4 Å². The van der Waals surface area contributed by atoms with E-state index < -0.39 is 0 Å². The summed E-state index contributed by atoms with van der Waals surface area (Å²) in [5.41, 5.74) is 5.49. The van der Waals surface area contributed by atoms with Crippen molar-refractivity contribution in [2.24, 2.45) is 0 Å². The zero-order chi connectivity index (χ0) is 13.0. The van der Waals surface area contributed by atoms with Crippen LogP contribution in [0.25, 0.3) is 5.57 Å². The van der Waals surface area contributed by atoms with Gasteiger partial charge >= 0.3 is 0 Å². The molecule has 0 aliphatic rings. The standard InChI is InChI=1S/C18H16/c1-14(2)18-7-5-4-6-17(18)13-12-16-10-8-15(3)9-11-16/h4-11H,1H2,2-3H3. The van der Waals surface area contributed by atoms with Crippen molar-refractivity contribution in [1.82, 2.24) is 0 Å². The second kappa shape index (κ2) is 5.38. The van der Waals surface area contributed by atoms with E-state index in [1.54, 1.807) is 0 Å². The molecule has 0 nitrogen and oxygen atoms in total. The molecule has 0 aromatic heterocycles. The summed E-state index contributed by atoms with van der Waals surface area (Å²) in [4.78, 5) is 0. The molecule has 0 N–H and O–H groups in total. The summed E-state index contributed by atoms with van der Waals surface area (Å²) in [6.45, 7) is 8.07. The van der Waals surface area contributed by atoms with Gasteiger partial charge in [0, 0.05) is 11.1 Å². The molecule has 18 heavy (non-hydrogen) atoms. The lowest BCUT2D eigenvalue weighted by Crippen LogP contribution is -1.85. The highest BCUT2D eigenvalue weighted by Crippen LogP contribution is 2.16. The molecule has 2 rings (SSSR count). The lowest BCUT2D eigenvalue weighted by molar-refractivity contribution is 1.46. The minimum atomic E-state index is 1.03. The number of aryl methyl sites for hydroxylation is 1. The SMILES string of the molecule is C=C(C)c1ccccc1C#Cc1ccc(C)cc1. The molecule has 0 heterocycles. The van der Waals surface area contributed by atoms with Crippen molar-refractivity contribution >= 4 is 5.57 Å². The Morgan fingerprint density at radius 3 is 2.28 bits per heavy atom. The Labute approximate surface area is 109 Å². The average Bonchev–Trinajstić information content (AvgIpc) is 2.38. The number of hydrogen-bond acceptors (Lipinski definition) is 0. The fourth-order valence-electron chi connectivity index (χ4n) is 1.74. The maximum absolute atomic E-state index is 3.98. The van der Waals surface area contributed by atoms with Gasteiger partial charge in [0.1, 0.15) is 0 Å². The van der Waals surface area contributed by atoms with Crippen LogP contribution in [0.3, 0.4) is 0 Å². The van der Waals surface area contributed by atoms with Crippen molar-refractivity contribution < 1.29 is 0 Å². The van der Waals surface area contributed by atoms with E-state index in [2.05, 4.69) is 43.5 Å². The van der Waals surface area contributed by atoms with Crippen LogP contribution in [0, 0.1) is 18.8 Å². The van der Waals surface area contributed by atoms with Gasteiger partial charge in [-0.1, -0.05) is 54.3 Å². The highest BCUT2D eigenvalue weighted by Gasteiger charge is 1.98. The van der Waals surface area contributed by atoms with E-state index in [-0.39, 0.29) is 0 Å². The second-order valence-corrected chi connectivity index (χ2v) is 4.44. The third kappa shape index (κ3) is 2.90. The first kappa shape index (κ1) is 12.2. The molecule has 0 fully saturated rings. The molecule has 0 heteroatoms. The largest absolute Gasteiger partial charge is 0.0955 e. The summed E-state index contributed by atoms with van der Waals surface area (Å²) in [6.07, 6.45) is 0. The van der Waals surface area contributed by atoms with E-state index in [1.165, 1.54) is 5.56 Å².